The number of hydrogen-bond donors (Lipinski definition) is 1. The normalized spacial score (nSPS) is 11.0. The van der Waals surface area contributed by atoms with Crippen molar-refractivity contribution >= 4 is 34.1 Å². The van der Waals surface area contributed by atoms with Gasteiger partial charge in [-0.05, 0) is 12.1 Å². The molecule has 0 amide bonds. The summed E-state index contributed by atoms with van der Waals surface area (Å²) < 4.78 is 9.12. The Hall–Kier alpha value is -3.42. The summed E-state index contributed by atoms with van der Waals surface area (Å²) in [5, 5.41) is 14.8. The van der Waals surface area contributed by atoms with Crippen LogP contribution < -0.4 is 5.32 Å². The van der Waals surface area contributed by atoms with Crippen molar-refractivity contribution in [3.05, 3.63) is 58.3 Å². The molecule has 0 atom stereocenters. The Balaban J connectivity index is 2.54. The molecule has 0 radical (unpaired) electrons. The molecule has 1 N–H and O–H groups in total. The van der Waals surface area contributed by atoms with E-state index in [0.29, 0.717) is 16.5 Å². The Kier molecular flexibility index (Phi) is 5.10. The Morgan fingerprint density at radius 2 is 1.75 bits per heavy atom. The molecule has 24 heavy (non-hydrogen) atoms. The number of nitrogens with zero attached hydrogens (tertiary/aromatic N) is 1. The van der Waals surface area contributed by atoms with Gasteiger partial charge in [0.1, 0.15) is 5.70 Å². The lowest BCUT2D eigenvalue weighted by atomic mass is 10.1. The molecule has 124 valence electrons. The first-order valence-corrected chi connectivity index (χ1v) is 6.79. The van der Waals surface area contributed by atoms with Gasteiger partial charge in [-0.25, -0.2) is 9.59 Å². The smallest absolute Gasteiger partial charge is 0.354 e. The third-order valence-electron chi connectivity index (χ3n) is 3.24. The van der Waals surface area contributed by atoms with Crippen LogP contribution in [0, 0.1) is 10.1 Å². The van der Waals surface area contributed by atoms with Crippen molar-refractivity contribution in [2.24, 2.45) is 0 Å². The number of methoxy groups -OCH3 is 2. The summed E-state index contributed by atoms with van der Waals surface area (Å²) in [7, 11) is 2.35. The van der Waals surface area contributed by atoms with Crippen LogP contribution in [0.15, 0.2) is 48.2 Å². The number of ether oxygens (including phenoxy) is 2. The van der Waals surface area contributed by atoms with E-state index in [1.54, 1.807) is 24.3 Å². The van der Waals surface area contributed by atoms with Gasteiger partial charge in [-0.3, -0.25) is 10.1 Å². The molecule has 0 heterocycles. The van der Waals surface area contributed by atoms with E-state index in [2.05, 4.69) is 14.8 Å². The summed E-state index contributed by atoms with van der Waals surface area (Å²) >= 11 is 0. The fraction of sp³-hybridized carbons (Fsp3) is 0.125. The van der Waals surface area contributed by atoms with Crippen molar-refractivity contribution in [2.45, 2.75) is 0 Å². The van der Waals surface area contributed by atoms with Gasteiger partial charge in [0.2, 0.25) is 0 Å². The molecule has 0 saturated heterocycles. The maximum absolute atomic E-state index is 11.8. The molecular weight excluding hydrogens is 316 g/mol. The first-order chi connectivity index (χ1) is 11.5. The molecule has 0 fully saturated rings. The number of hydrogen-bond acceptors (Lipinski definition) is 7. The molecule has 8 nitrogen and oxygen atoms in total. The maximum atomic E-state index is 11.8. The molecule has 0 saturated carbocycles. The van der Waals surface area contributed by atoms with Gasteiger partial charge in [-0.2, -0.15) is 0 Å². The highest BCUT2D eigenvalue weighted by molar-refractivity contribution is 6.04. The topological polar surface area (TPSA) is 108 Å². The summed E-state index contributed by atoms with van der Waals surface area (Å²) in [4.78, 5) is 33.9. The maximum Gasteiger partial charge on any atom is 0.354 e. The summed E-state index contributed by atoms with van der Waals surface area (Å²) in [5.41, 5.74) is 0.202. The minimum Gasteiger partial charge on any atom is -0.466 e. The van der Waals surface area contributed by atoms with Gasteiger partial charge in [-0.15, -0.1) is 0 Å². The van der Waals surface area contributed by atoms with E-state index in [1.807, 2.05) is 0 Å². The first-order valence-electron chi connectivity index (χ1n) is 6.79. The van der Waals surface area contributed by atoms with Crippen LogP contribution in [0.2, 0.25) is 0 Å². The van der Waals surface area contributed by atoms with Crippen molar-refractivity contribution in [3.8, 4) is 0 Å². The first kappa shape index (κ1) is 16.9. The monoisotopic (exact) mass is 330 g/mol. The van der Waals surface area contributed by atoms with E-state index in [0.717, 1.165) is 6.08 Å². The van der Waals surface area contributed by atoms with Gasteiger partial charge in [0.15, 0.2) is 0 Å². The Morgan fingerprint density at radius 1 is 1.08 bits per heavy atom. The summed E-state index contributed by atoms with van der Waals surface area (Å²) in [6.07, 6.45) is 0.946. The molecule has 0 aliphatic rings. The van der Waals surface area contributed by atoms with E-state index < -0.39 is 16.9 Å². The zero-order valence-corrected chi connectivity index (χ0v) is 12.9. The molecule has 8 heteroatoms. The Bertz CT molecular complexity index is 844. The number of carbonyl (C=O) groups excluding carboxylic acids is 2. The highest BCUT2D eigenvalue weighted by atomic mass is 16.6. The molecule has 0 aliphatic heterocycles. The molecular formula is C16H14N2O6. The molecule has 2 rings (SSSR count). The zero-order valence-electron chi connectivity index (χ0n) is 12.9. The second-order valence-corrected chi connectivity index (χ2v) is 4.63. The van der Waals surface area contributed by atoms with Crippen LogP contribution in [-0.4, -0.2) is 31.1 Å². The van der Waals surface area contributed by atoms with Gasteiger partial charge in [0, 0.05) is 17.1 Å². The van der Waals surface area contributed by atoms with E-state index in [1.165, 1.54) is 26.4 Å². The molecule has 0 aliphatic carbocycles. The van der Waals surface area contributed by atoms with Crippen LogP contribution in [0.1, 0.15) is 0 Å². The summed E-state index contributed by atoms with van der Waals surface area (Å²) in [6.45, 7) is 0. The molecule has 0 bridgehead atoms. The third-order valence-corrected chi connectivity index (χ3v) is 3.24. The van der Waals surface area contributed by atoms with E-state index in [-0.39, 0.29) is 11.4 Å². The zero-order chi connectivity index (χ0) is 17.7. The predicted molar refractivity (Wildman–Crippen MR) is 86.3 cm³/mol. The van der Waals surface area contributed by atoms with Crippen LogP contribution in [-0.2, 0) is 19.1 Å². The SMILES string of the molecule is COC(=O)/C=C(/Nc1ccc([N+](=O)[O-])c2ccccc12)C(=O)OC. The Labute approximate surface area is 136 Å². The number of nitro benzene ring substituents is 1. The lowest BCUT2D eigenvalue weighted by Crippen LogP contribution is -2.15. The number of carbonyl (C=O) groups is 2. The van der Waals surface area contributed by atoms with Crippen molar-refractivity contribution in [1.29, 1.82) is 0 Å². The van der Waals surface area contributed by atoms with Crippen LogP contribution in [0.4, 0.5) is 11.4 Å². The molecule has 2 aromatic rings. The second-order valence-electron chi connectivity index (χ2n) is 4.63. The molecule has 0 aromatic heterocycles. The number of non-ortho nitro benzene ring substituents is 1. The van der Waals surface area contributed by atoms with Gasteiger partial charge in [-0.1, -0.05) is 18.2 Å². The number of rotatable bonds is 5. The number of benzene rings is 2. The van der Waals surface area contributed by atoms with Crippen LogP contribution >= 0.6 is 0 Å². The highest BCUT2D eigenvalue weighted by Crippen LogP contribution is 2.32. The van der Waals surface area contributed by atoms with E-state index >= 15 is 0 Å². The molecule has 0 spiro atoms. The average Bonchev–Trinajstić information content (AvgIpc) is 2.60. The quantitative estimate of drug-likeness (QED) is 0.388. The standard InChI is InChI=1S/C16H14N2O6/c1-23-15(19)9-13(16(20)24-2)17-12-7-8-14(18(21)22)11-6-4-3-5-10(11)12/h3-9,17H,1-2H3/b13-9+. The largest absolute Gasteiger partial charge is 0.466 e. The van der Waals surface area contributed by atoms with Crippen molar-refractivity contribution in [2.75, 3.05) is 19.5 Å². The van der Waals surface area contributed by atoms with Gasteiger partial charge in [0.05, 0.1) is 30.6 Å². The van der Waals surface area contributed by atoms with Gasteiger partial charge in [0.25, 0.3) is 5.69 Å². The molecule has 0 unspecified atom stereocenters. The number of esters is 2. The highest BCUT2D eigenvalue weighted by Gasteiger charge is 2.17. The van der Waals surface area contributed by atoms with E-state index in [9.17, 15) is 19.7 Å². The fourth-order valence-electron chi connectivity index (χ4n) is 2.13. The number of nitrogens with one attached hydrogen (secondary N) is 1. The van der Waals surface area contributed by atoms with Crippen LogP contribution in [0.25, 0.3) is 10.8 Å². The van der Waals surface area contributed by atoms with Crippen molar-refractivity contribution < 1.29 is 24.0 Å². The minimum atomic E-state index is -0.775. The average molecular weight is 330 g/mol. The lowest BCUT2D eigenvalue weighted by Gasteiger charge is -2.12. The number of anilines is 1. The Morgan fingerprint density at radius 3 is 2.33 bits per heavy atom. The van der Waals surface area contributed by atoms with Crippen molar-refractivity contribution in [3.63, 3.8) is 0 Å². The third kappa shape index (κ3) is 3.49. The van der Waals surface area contributed by atoms with Gasteiger partial charge >= 0.3 is 11.9 Å². The number of fused-ring (bicyclic) bond motifs is 1. The number of nitro groups is 1. The predicted octanol–water partition coefficient (Wildman–Crippen LogP) is 2.39. The second kappa shape index (κ2) is 7.23. The lowest BCUT2D eigenvalue weighted by molar-refractivity contribution is -0.383. The molecule has 2 aromatic carbocycles. The van der Waals surface area contributed by atoms with Crippen LogP contribution in [0.5, 0.6) is 0 Å². The van der Waals surface area contributed by atoms with Crippen molar-refractivity contribution in [1.82, 2.24) is 0 Å². The van der Waals surface area contributed by atoms with E-state index in [4.69, 9.17) is 0 Å². The van der Waals surface area contributed by atoms with Crippen LogP contribution in [0.3, 0.4) is 0 Å². The minimum absolute atomic E-state index is 0.0623. The van der Waals surface area contributed by atoms with Gasteiger partial charge < -0.3 is 14.8 Å². The summed E-state index contributed by atoms with van der Waals surface area (Å²) in [5.74, 6) is -1.52. The summed E-state index contributed by atoms with van der Waals surface area (Å²) in [6, 6.07) is 9.41. The fourth-order valence-corrected chi connectivity index (χ4v) is 2.13.